The molecule has 1 amide bonds. The van der Waals surface area contributed by atoms with Crippen molar-refractivity contribution in [2.45, 2.75) is 46.5 Å². The van der Waals surface area contributed by atoms with Crippen molar-refractivity contribution < 1.29 is 4.79 Å². The van der Waals surface area contributed by atoms with Crippen molar-refractivity contribution in [2.75, 3.05) is 66.0 Å². The maximum absolute atomic E-state index is 11.3. The minimum absolute atomic E-state index is 0.199. The highest BCUT2D eigenvalue weighted by Gasteiger charge is 2.51. The Bertz CT molecular complexity index is 393. The Balaban J connectivity index is 0.00000109. The number of carbonyl (C=O) groups excluding carboxylic acids is 1. The van der Waals surface area contributed by atoms with E-state index in [1.807, 2.05) is 20.8 Å². The number of rotatable bonds is 7. The molecule has 25 heavy (non-hydrogen) atoms. The molecule has 0 unspecified atom stereocenters. The highest BCUT2D eigenvalue weighted by molar-refractivity contribution is 5.75. The van der Waals surface area contributed by atoms with E-state index < -0.39 is 0 Å². The summed E-state index contributed by atoms with van der Waals surface area (Å²) in [5, 5.41) is 3.04. The fraction of sp³-hybridized carbons (Fsp3) is 0.950. The van der Waals surface area contributed by atoms with E-state index in [-0.39, 0.29) is 5.91 Å². The molecule has 1 saturated carbocycles. The fourth-order valence-corrected chi connectivity index (χ4v) is 4.60. The quantitative estimate of drug-likeness (QED) is 0.759. The van der Waals surface area contributed by atoms with Gasteiger partial charge in [0.2, 0.25) is 5.91 Å². The summed E-state index contributed by atoms with van der Waals surface area (Å²) in [5.41, 5.74) is 0.620. The molecule has 5 nitrogen and oxygen atoms in total. The van der Waals surface area contributed by atoms with Gasteiger partial charge in [-0.1, -0.05) is 20.8 Å². The fourth-order valence-electron chi connectivity index (χ4n) is 4.60. The van der Waals surface area contributed by atoms with Crippen LogP contribution in [0.5, 0.6) is 0 Å². The minimum atomic E-state index is 0.199. The van der Waals surface area contributed by atoms with Gasteiger partial charge < -0.3 is 20.0 Å². The summed E-state index contributed by atoms with van der Waals surface area (Å²) in [6.07, 6.45) is 4.58. The van der Waals surface area contributed by atoms with Gasteiger partial charge in [0.25, 0.3) is 0 Å². The van der Waals surface area contributed by atoms with Crippen LogP contribution < -0.4 is 5.32 Å². The van der Waals surface area contributed by atoms with E-state index in [1.165, 1.54) is 71.6 Å². The van der Waals surface area contributed by atoms with Gasteiger partial charge in [-0.15, -0.1) is 0 Å². The standard InChI is InChI=1S/C18H34N4O.C2H6/c1-3-17(23)19-13-16-11-18(12-16)14-22(15-18)6-4-5-21-9-7-20(2)8-10-21;1-2/h16H,3-15H2,1-2H3,(H,19,23);1-2H3. The first-order chi connectivity index (χ1) is 12.1. The molecule has 5 heteroatoms. The van der Waals surface area contributed by atoms with Crippen molar-refractivity contribution in [3.05, 3.63) is 0 Å². The summed E-state index contributed by atoms with van der Waals surface area (Å²) in [4.78, 5) is 19.0. The van der Waals surface area contributed by atoms with Gasteiger partial charge in [0.1, 0.15) is 0 Å². The Morgan fingerprint density at radius 3 is 2.24 bits per heavy atom. The largest absolute Gasteiger partial charge is 0.356 e. The van der Waals surface area contributed by atoms with Crippen LogP contribution in [0.15, 0.2) is 0 Å². The average Bonchev–Trinajstić information content (AvgIpc) is 2.57. The highest BCUT2D eigenvalue weighted by Crippen LogP contribution is 2.51. The molecular weight excluding hydrogens is 312 g/mol. The zero-order chi connectivity index (χ0) is 18.3. The molecule has 2 aliphatic heterocycles. The lowest BCUT2D eigenvalue weighted by molar-refractivity contribution is -0.123. The molecule has 2 heterocycles. The first-order valence-electron chi connectivity index (χ1n) is 10.5. The molecule has 0 atom stereocenters. The van der Waals surface area contributed by atoms with Crippen molar-refractivity contribution in [3.8, 4) is 0 Å². The van der Waals surface area contributed by atoms with Gasteiger partial charge in [-0.05, 0) is 50.7 Å². The zero-order valence-electron chi connectivity index (χ0n) is 17.0. The Hall–Kier alpha value is -0.650. The summed E-state index contributed by atoms with van der Waals surface area (Å²) < 4.78 is 0. The molecule has 1 N–H and O–H groups in total. The lowest BCUT2D eigenvalue weighted by atomic mass is 9.57. The maximum atomic E-state index is 11.3. The summed E-state index contributed by atoms with van der Waals surface area (Å²) in [6, 6.07) is 0. The van der Waals surface area contributed by atoms with Crippen LogP contribution in [-0.4, -0.2) is 86.6 Å². The maximum Gasteiger partial charge on any atom is 0.219 e. The monoisotopic (exact) mass is 352 g/mol. The number of amides is 1. The summed E-state index contributed by atoms with van der Waals surface area (Å²) in [7, 11) is 2.22. The predicted molar refractivity (Wildman–Crippen MR) is 105 cm³/mol. The lowest BCUT2D eigenvalue weighted by Crippen LogP contribution is -2.63. The second-order valence-corrected chi connectivity index (χ2v) is 8.14. The number of piperazine rings is 1. The van der Waals surface area contributed by atoms with E-state index in [0.717, 1.165) is 12.5 Å². The van der Waals surface area contributed by atoms with Gasteiger partial charge in [0.15, 0.2) is 0 Å². The van der Waals surface area contributed by atoms with E-state index in [1.54, 1.807) is 0 Å². The molecule has 3 rings (SSSR count). The molecule has 0 aromatic heterocycles. The average molecular weight is 353 g/mol. The zero-order valence-corrected chi connectivity index (χ0v) is 17.0. The molecule has 2 saturated heterocycles. The number of hydrogen-bond donors (Lipinski definition) is 1. The Morgan fingerprint density at radius 2 is 1.64 bits per heavy atom. The van der Waals surface area contributed by atoms with E-state index in [4.69, 9.17) is 0 Å². The van der Waals surface area contributed by atoms with E-state index in [0.29, 0.717) is 11.8 Å². The van der Waals surface area contributed by atoms with Crippen LogP contribution in [0.1, 0.15) is 46.5 Å². The van der Waals surface area contributed by atoms with E-state index >= 15 is 0 Å². The second kappa shape index (κ2) is 9.89. The highest BCUT2D eigenvalue weighted by atomic mass is 16.1. The third-order valence-corrected chi connectivity index (χ3v) is 6.02. The molecule has 0 aromatic carbocycles. The van der Waals surface area contributed by atoms with Crippen LogP contribution in [0.4, 0.5) is 0 Å². The molecule has 0 bridgehead atoms. The number of likely N-dealkylation sites (N-methyl/N-ethyl adjacent to an activating group) is 1. The van der Waals surface area contributed by atoms with Crippen LogP contribution in [0.2, 0.25) is 0 Å². The van der Waals surface area contributed by atoms with Crippen LogP contribution >= 0.6 is 0 Å². The number of nitrogens with one attached hydrogen (secondary N) is 1. The molecule has 0 radical (unpaired) electrons. The molecule has 146 valence electrons. The SMILES string of the molecule is CC.CCC(=O)NCC1CC2(C1)CN(CCCN1CCN(C)CC1)C2. The topological polar surface area (TPSA) is 38.8 Å². The Kier molecular flexibility index (Phi) is 8.17. The summed E-state index contributed by atoms with van der Waals surface area (Å²) >= 11 is 0. The van der Waals surface area contributed by atoms with Crippen LogP contribution in [0.25, 0.3) is 0 Å². The van der Waals surface area contributed by atoms with Crippen molar-refractivity contribution in [2.24, 2.45) is 11.3 Å². The Morgan fingerprint density at radius 1 is 1.04 bits per heavy atom. The summed E-state index contributed by atoms with van der Waals surface area (Å²) in [5.74, 6) is 0.933. The normalized spacial score (nSPS) is 24.2. The van der Waals surface area contributed by atoms with Gasteiger partial charge in [0.05, 0.1) is 0 Å². The van der Waals surface area contributed by atoms with Gasteiger partial charge >= 0.3 is 0 Å². The number of hydrogen-bond acceptors (Lipinski definition) is 4. The first-order valence-corrected chi connectivity index (χ1v) is 10.5. The van der Waals surface area contributed by atoms with Gasteiger partial charge in [0, 0.05) is 52.2 Å². The summed E-state index contributed by atoms with van der Waals surface area (Å²) in [6.45, 7) is 16.9. The molecule has 3 aliphatic rings. The first kappa shape index (κ1) is 20.7. The van der Waals surface area contributed by atoms with E-state index in [2.05, 4.69) is 27.1 Å². The predicted octanol–water partition coefficient (Wildman–Crippen LogP) is 1.89. The van der Waals surface area contributed by atoms with Crippen LogP contribution in [-0.2, 0) is 4.79 Å². The third kappa shape index (κ3) is 5.93. The van der Waals surface area contributed by atoms with Gasteiger partial charge in [-0.2, -0.15) is 0 Å². The molecule has 1 aliphatic carbocycles. The number of nitrogens with zero attached hydrogens (tertiary/aromatic N) is 3. The second-order valence-electron chi connectivity index (χ2n) is 8.14. The lowest BCUT2D eigenvalue weighted by Gasteiger charge is -2.59. The van der Waals surface area contributed by atoms with Crippen LogP contribution in [0, 0.1) is 11.3 Å². The number of carbonyl (C=O) groups is 1. The third-order valence-electron chi connectivity index (χ3n) is 6.02. The van der Waals surface area contributed by atoms with Gasteiger partial charge in [-0.3, -0.25) is 4.79 Å². The van der Waals surface area contributed by atoms with Crippen molar-refractivity contribution in [1.82, 2.24) is 20.0 Å². The van der Waals surface area contributed by atoms with Crippen molar-refractivity contribution in [3.63, 3.8) is 0 Å². The number of likely N-dealkylation sites (tertiary alicyclic amines) is 1. The minimum Gasteiger partial charge on any atom is -0.356 e. The molecule has 0 aromatic rings. The van der Waals surface area contributed by atoms with Gasteiger partial charge in [-0.25, -0.2) is 0 Å². The van der Waals surface area contributed by atoms with Crippen molar-refractivity contribution >= 4 is 5.91 Å². The van der Waals surface area contributed by atoms with Crippen LogP contribution in [0.3, 0.4) is 0 Å². The Labute approximate surface area is 155 Å². The molecule has 3 fully saturated rings. The van der Waals surface area contributed by atoms with E-state index in [9.17, 15) is 4.79 Å². The smallest absolute Gasteiger partial charge is 0.219 e. The molecular formula is C20H40N4O. The molecule has 1 spiro atoms. The van der Waals surface area contributed by atoms with Crippen molar-refractivity contribution in [1.29, 1.82) is 0 Å².